The molecule has 1 fully saturated rings. The number of benzene rings is 1. The zero-order valence-electron chi connectivity index (χ0n) is 16.2. The second-order valence-electron chi connectivity index (χ2n) is 7.75. The van der Waals surface area contributed by atoms with Crippen molar-refractivity contribution in [1.29, 1.82) is 0 Å². The van der Waals surface area contributed by atoms with Crippen molar-refractivity contribution in [2.75, 3.05) is 13.1 Å². The monoisotopic (exact) mass is 403 g/mol. The van der Waals surface area contributed by atoms with E-state index in [9.17, 15) is 4.79 Å². The summed E-state index contributed by atoms with van der Waals surface area (Å²) in [6, 6.07) is 8.70. The first-order chi connectivity index (χ1) is 11.4. The van der Waals surface area contributed by atoms with E-state index in [0.29, 0.717) is 13.0 Å². The molecule has 0 saturated carbocycles. The summed E-state index contributed by atoms with van der Waals surface area (Å²) in [5.41, 5.74) is 8.17. The van der Waals surface area contributed by atoms with Gasteiger partial charge in [-0.2, -0.15) is 0 Å². The number of hydrogen-bond acceptors (Lipinski definition) is 3. The lowest BCUT2D eigenvalue weighted by Crippen LogP contribution is -2.38. The van der Waals surface area contributed by atoms with Gasteiger partial charge in [-0.25, -0.2) is 0 Å². The number of piperidine rings is 1. The standard InChI is InChI=1S/C20H33N3O.2ClH/c1-15-10-16(2)13-23(12-15)14-19-7-5-18(6-8-19)11-22-20(24)9-4-17(3)21;;/h5-8,15-17H,4,9-14,21H2,1-3H3,(H,22,24);2*1H. The van der Waals surface area contributed by atoms with Crippen LogP contribution in [0.3, 0.4) is 0 Å². The van der Waals surface area contributed by atoms with Crippen LogP contribution in [0.5, 0.6) is 0 Å². The van der Waals surface area contributed by atoms with E-state index in [1.807, 2.05) is 6.92 Å². The molecule has 1 amide bonds. The van der Waals surface area contributed by atoms with Crippen molar-refractivity contribution in [3.05, 3.63) is 35.4 Å². The average molecular weight is 404 g/mol. The second kappa shape index (κ2) is 12.6. The van der Waals surface area contributed by atoms with Gasteiger partial charge in [0.2, 0.25) is 5.91 Å². The van der Waals surface area contributed by atoms with Crippen LogP contribution in [-0.2, 0) is 17.9 Å². The third-order valence-corrected chi connectivity index (χ3v) is 4.69. The highest BCUT2D eigenvalue weighted by Crippen LogP contribution is 2.22. The zero-order valence-corrected chi connectivity index (χ0v) is 17.9. The number of carbonyl (C=O) groups is 1. The van der Waals surface area contributed by atoms with E-state index >= 15 is 0 Å². The Labute approximate surface area is 171 Å². The van der Waals surface area contributed by atoms with Crippen LogP contribution >= 0.6 is 24.8 Å². The molecule has 0 radical (unpaired) electrons. The lowest BCUT2D eigenvalue weighted by Gasteiger charge is -2.35. The van der Waals surface area contributed by atoms with Crippen LogP contribution in [0.25, 0.3) is 0 Å². The van der Waals surface area contributed by atoms with E-state index in [1.54, 1.807) is 0 Å². The van der Waals surface area contributed by atoms with Crippen LogP contribution in [0.4, 0.5) is 0 Å². The number of carbonyl (C=O) groups excluding carboxylic acids is 1. The number of halogens is 2. The van der Waals surface area contributed by atoms with Gasteiger partial charge in [0.25, 0.3) is 0 Å². The Morgan fingerprint density at radius 3 is 2.23 bits per heavy atom. The van der Waals surface area contributed by atoms with Crippen LogP contribution in [0, 0.1) is 11.8 Å². The summed E-state index contributed by atoms with van der Waals surface area (Å²) in [6.07, 6.45) is 2.58. The van der Waals surface area contributed by atoms with E-state index in [0.717, 1.165) is 30.4 Å². The van der Waals surface area contributed by atoms with Gasteiger partial charge in [-0.1, -0.05) is 38.1 Å². The molecule has 3 atom stereocenters. The molecule has 1 saturated heterocycles. The molecule has 3 N–H and O–H groups in total. The van der Waals surface area contributed by atoms with Gasteiger partial charge in [0, 0.05) is 38.6 Å². The molecular weight excluding hydrogens is 369 g/mol. The average Bonchev–Trinajstić information content (AvgIpc) is 2.51. The quantitative estimate of drug-likeness (QED) is 0.728. The highest BCUT2D eigenvalue weighted by molar-refractivity contribution is 5.85. The first kappa shape index (κ1) is 25.2. The maximum absolute atomic E-state index is 11.7. The van der Waals surface area contributed by atoms with Crippen molar-refractivity contribution in [2.24, 2.45) is 17.6 Å². The van der Waals surface area contributed by atoms with E-state index in [1.165, 1.54) is 25.1 Å². The topological polar surface area (TPSA) is 58.4 Å². The summed E-state index contributed by atoms with van der Waals surface area (Å²) in [5, 5.41) is 2.96. The molecule has 150 valence electrons. The number of amides is 1. The summed E-state index contributed by atoms with van der Waals surface area (Å²) < 4.78 is 0. The number of rotatable bonds is 7. The van der Waals surface area contributed by atoms with Crippen molar-refractivity contribution in [1.82, 2.24) is 10.2 Å². The molecule has 1 aromatic carbocycles. The number of likely N-dealkylation sites (tertiary alicyclic amines) is 1. The number of nitrogens with one attached hydrogen (secondary N) is 1. The van der Waals surface area contributed by atoms with Gasteiger partial charge in [0.1, 0.15) is 0 Å². The van der Waals surface area contributed by atoms with Crippen LogP contribution in [0.15, 0.2) is 24.3 Å². The fraction of sp³-hybridized carbons (Fsp3) is 0.650. The fourth-order valence-electron chi connectivity index (χ4n) is 3.59. The summed E-state index contributed by atoms with van der Waals surface area (Å²) in [6.45, 7) is 10.6. The highest BCUT2D eigenvalue weighted by Gasteiger charge is 2.21. The van der Waals surface area contributed by atoms with E-state index in [-0.39, 0.29) is 36.8 Å². The predicted molar refractivity (Wildman–Crippen MR) is 114 cm³/mol. The van der Waals surface area contributed by atoms with Crippen molar-refractivity contribution in [2.45, 2.75) is 59.2 Å². The van der Waals surface area contributed by atoms with Crippen molar-refractivity contribution in [3.63, 3.8) is 0 Å². The minimum absolute atomic E-state index is 0. The fourth-order valence-corrected chi connectivity index (χ4v) is 3.59. The molecule has 1 aliphatic rings. The molecule has 1 aromatic rings. The molecule has 3 unspecified atom stereocenters. The van der Waals surface area contributed by atoms with Crippen LogP contribution in [0.1, 0.15) is 51.2 Å². The first-order valence-electron chi connectivity index (χ1n) is 9.25. The Balaban J connectivity index is 0.00000312. The highest BCUT2D eigenvalue weighted by atomic mass is 35.5. The molecule has 0 aliphatic carbocycles. The minimum Gasteiger partial charge on any atom is -0.352 e. The molecule has 2 rings (SSSR count). The Morgan fingerprint density at radius 1 is 1.15 bits per heavy atom. The lowest BCUT2D eigenvalue weighted by atomic mass is 9.91. The molecular formula is C20H35Cl2N3O. The zero-order chi connectivity index (χ0) is 17.5. The minimum atomic E-state index is 0. The molecule has 0 spiro atoms. The van der Waals surface area contributed by atoms with E-state index in [4.69, 9.17) is 5.73 Å². The van der Waals surface area contributed by atoms with Gasteiger partial charge in [0.05, 0.1) is 0 Å². The number of hydrogen-bond donors (Lipinski definition) is 2. The van der Waals surface area contributed by atoms with Crippen LogP contribution < -0.4 is 11.1 Å². The normalized spacial score (nSPS) is 21.2. The van der Waals surface area contributed by atoms with Crippen molar-refractivity contribution < 1.29 is 4.79 Å². The second-order valence-corrected chi connectivity index (χ2v) is 7.75. The number of nitrogens with zero attached hydrogens (tertiary/aromatic N) is 1. The molecule has 1 heterocycles. The Hall–Kier alpha value is -0.810. The first-order valence-corrected chi connectivity index (χ1v) is 9.25. The van der Waals surface area contributed by atoms with Gasteiger partial charge in [-0.15, -0.1) is 24.8 Å². The summed E-state index contributed by atoms with van der Waals surface area (Å²) in [4.78, 5) is 14.3. The maximum atomic E-state index is 11.7. The van der Waals surface area contributed by atoms with Gasteiger partial charge in [-0.3, -0.25) is 9.69 Å². The summed E-state index contributed by atoms with van der Waals surface area (Å²) >= 11 is 0. The Morgan fingerprint density at radius 2 is 1.69 bits per heavy atom. The van der Waals surface area contributed by atoms with Gasteiger partial charge < -0.3 is 11.1 Å². The van der Waals surface area contributed by atoms with Gasteiger partial charge >= 0.3 is 0 Å². The molecule has 1 aliphatic heterocycles. The maximum Gasteiger partial charge on any atom is 0.220 e. The summed E-state index contributed by atoms with van der Waals surface area (Å²) in [7, 11) is 0. The van der Waals surface area contributed by atoms with Gasteiger partial charge in [0.15, 0.2) is 0 Å². The van der Waals surface area contributed by atoms with Crippen molar-refractivity contribution >= 4 is 30.7 Å². The molecule has 0 aromatic heterocycles. The SMILES string of the molecule is CC(N)CCC(=O)NCc1ccc(CN2CC(C)CC(C)C2)cc1.Cl.Cl. The third-order valence-electron chi connectivity index (χ3n) is 4.69. The number of nitrogens with two attached hydrogens (primary N) is 1. The van der Waals surface area contributed by atoms with E-state index < -0.39 is 0 Å². The Kier molecular flexibility index (Phi) is 12.2. The summed E-state index contributed by atoms with van der Waals surface area (Å²) in [5.74, 6) is 1.66. The molecule has 26 heavy (non-hydrogen) atoms. The smallest absolute Gasteiger partial charge is 0.220 e. The Bertz CT molecular complexity index is 512. The largest absolute Gasteiger partial charge is 0.352 e. The predicted octanol–water partition coefficient (Wildman–Crippen LogP) is 3.75. The third kappa shape index (κ3) is 9.22. The molecule has 6 heteroatoms. The lowest BCUT2D eigenvalue weighted by molar-refractivity contribution is -0.121. The van der Waals surface area contributed by atoms with Crippen molar-refractivity contribution in [3.8, 4) is 0 Å². The van der Waals surface area contributed by atoms with Crippen LogP contribution in [-0.4, -0.2) is 29.9 Å². The van der Waals surface area contributed by atoms with Crippen LogP contribution in [0.2, 0.25) is 0 Å². The molecule has 0 bridgehead atoms. The molecule has 4 nitrogen and oxygen atoms in total. The van der Waals surface area contributed by atoms with Gasteiger partial charge in [-0.05, 0) is 42.7 Å². The van der Waals surface area contributed by atoms with E-state index in [2.05, 4.69) is 48.3 Å².